The molecule has 1 amide bonds. The van der Waals surface area contributed by atoms with Crippen molar-refractivity contribution in [2.45, 2.75) is 51.6 Å². The van der Waals surface area contributed by atoms with Gasteiger partial charge in [-0.05, 0) is 33.6 Å². The Morgan fingerprint density at radius 2 is 2.10 bits per heavy atom. The van der Waals surface area contributed by atoms with Gasteiger partial charge >= 0.3 is 5.97 Å². The molecule has 1 aliphatic heterocycles. The van der Waals surface area contributed by atoms with Gasteiger partial charge in [0.05, 0.1) is 18.2 Å². The number of aryl methyl sites for hydroxylation is 1. The molecule has 1 aromatic heterocycles. The van der Waals surface area contributed by atoms with E-state index in [0.29, 0.717) is 19.3 Å². The minimum absolute atomic E-state index is 0.0140. The van der Waals surface area contributed by atoms with E-state index in [0.717, 1.165) is 5.56 Å². The molecular weight excluding hydrogens is 270 g/mol. The molecule has 0 aromatic carbocycles. The standard InChI is InChI=1S/C15H23N3O3/c1-15(2,3)18-12(19)7-5-6-11(14(20)21)13(18)10-8-16-17(4)9-10/h8-9,11,13H,5-7H2,1-4H3,(H,20,21). The van der Waals surface area contributed by atoms with Crippen molar-refractivity contribution in [1.82, 2.24) is 14.7 Å². The first-order valence-corrected chi connectivity index (χ1v) is 7.25. The van der Waals surface area contributed by atoms with Crippen molar-refractivity contribution in [3.63, 3.8) is 0 Å². The van der Waals surface area contributed by atoms with Gasteiger partial charge in [-0.2, -0.15) is 5.10 Å². The first-order valence-electron chi connectivity index (χ1n) is 7.25. The fourth-order valence-corrected chi connectivity index (χ4v) is 3.11. The van der Waals surface area contributed by atoms with E-state index in [1.54, 1.807) is 29.0 Å². The molecule has 2 heterocycles. The van der Waals surface area contributed by atoms with Crippen LogP contribution in [0.5, 0.6) is 0 Å². The number of hydrogen-bond acceptors (Lipinski definition) is 3. The van der Waals surface area contributed by atoms with E-state index in [-0.39, 0.29) is 5.91 Å². The smallest absolute Gasteiger partial charge is 0.308 e. The van der Waals surface area contributed by atoms with Crippen LogP contribution in [-0.4, -0.2) is 37.2 Å². The fraction of sp³-hybridized carbons (Fsp3) is 0.667. The summed E-state index contributed by atoms with van der Waals surface area (Å²) in [7, 11) is 1.79. The number of carboxylic acids is 1. The number of carbonyl (C=O) groups excluding carboxylic acids is 1. The molecule has 1 fully saturated rings. The van der Waals surface area contributed by atoms with Crippen LogP contribution in [0.4, 0.5) is 0 Å². The van der Waals surface area contributed by atoms with Crippen LogP contribution in [0.15, 0.2) is 12.4 Å². The average molecular weight is 293 g/mol. The lowest BCUT2D eigenvalue weighted by Crippen LogP contribution is -2.49. The summed E-state index contributed by atoms with van der Waals surface area (Å²) in [6.07, 6.45) is 4.99. The highest BCUT2D eigenvalue weighted by Crippen LogP contribution is 2.39. The third-order valence-electron chi connectivity index (χ3n) is 3.94. The predicted octanol–water partition coefficient (Wildman–Crippen LogP) is 1.97. The number of amides is 1. The third kappa shape index (κ3) is 3.09. The first-order chi connectivity index (χ1) is 9.71. The molecule has 116 valence electrons. The maximum absolute atomic E-state index is 12.5. The van der Waals surface area contributed by atoms with Crippen LogP contribution < -0.4 is 0 Å². The summed E-state index contributed by atoms with van der Waals surface area (Å²) in [5.74, 6) is -1.44. The molecule has 1 aliphatic rings. The molecule has 6 heteroatoms. The number of carbonyl (C=O) groups is 2. The fourth-order valence-electron chi connectivity index (χ4n) is 3.11. The maximum atomic E-state index is 12.5. The molecule has 1 aromatic rings. The molecule has 0 saturated carbocycles. The van der Waals surface area contributed by atoms with Crippen LogP contribution in [0.25, 0.3) is 0 Å². The van der Waals surface area contributed by atoms with Crippen molar-refractivity contribution < 1.29 is 14.7 Å². The highest BCUT2D eigenvalue weighted by molar-refractivity contribution is 5.80. The summed E-state index contributed by atoms with van der Waals surface area (Å²) in [6.45, 7) is 5.83. The van der Waals surface area contributed by atoms with Gasteiger partial charge in [-0.3, -0.25) is 14.3 Å². The second-order valence-corrected chi connectivity index (χ2v) is 6.66. The Bertz CT molecular complexity index is 545. The third-order valence-corrected chi connectivity index (χ3v) is 3.94. The van der Waals surface area contributed by atoms with Crippen LogP contribution in [0, 0.1) is 5.92 Å². The predicted molar refractivity (Wildman–Crippen MR) is 77.5 cm³/mol. The zero-order valence-corrected chi connectivity index (χ0v) is 13.0. The van der Waals surface area contributed by atoms with Gasteiger partial charge in [-0.1, -0.05) is 0 Å². The maximum Gasteiger partial charge on any atom is 0.308 e. The summed E-state index contributed by atoms with van der Waals surface area (Å²) in [5, 5.41) is 13.7. The van der Waals surface area contributed by atoms with Gasteiger partial charge in [0.25, 0.3) is 0 Å². The topological polar surface area (TPSA) is 75.4 Å². The summed E-state index contributed by atoms with van der Waals surface area (Å²) < 4.78 is 1.64. The van der Waals surface area contributed by atoms with E-state index in [2.05, 4.69) is 5.10 Å². The molecule has 0 spiro atoms. The molecule has 0 bridgehead atoms. The van der Waals surface area contributed by atoms with E-state index < -0.39 is 23.5 Å². The Morgan fingerprint density at radius 1 is 1.43 bits per heavy atom. The Balaban J connectivity index is 2.54. The van der Waals surface area contributed by atoms with Crippen LogP contribution >= 0.6 is 0 Å². The minimum Gasteiger partial charge on any atom is -0.481 e. The Morgan fingerprint density at radius 3 is 2.57 bits per heavy atom. The zero-order valence-electron chi connectivity index (χ0n) is 13.0. The van der Waals surface area contributed by atoms with Crippen molar-refractivity contribution in [2.75, 3.05) is 0 Å². The van der Waals surface area contributed by atoms with Gasteiger partial charge in [-0.25, -0.2) is 0 Å². The van der Waals surface area contributed by atoms with Gasteiger partial charge in [0, 0.05) is 30.8 Å². The number of carboxylic acid groups (broad SMARTS) is 1. The molecule has 6 nitrogen and oxygen atoms in total. The number of nitrogens with zero attached hydrogens (tertiary/aromatic N) is 3. The molecule has 2 unspecified atom stereocenters. The molecular formula is C15H23N3O3. The van der Waals surface area contributed by atoms with Gasteiger partial charge in [0.2, 0.25) is 5.91 Å². The van der Waals surface area contributed by atoms with Gasteiger partial charge < -0.3 is 10.0 Å². The van der Waals surface area contributed by atoms with Crippen molar-refractivity contribution in [2.24, 2.45) is 13.0 Å². The highest BCUT2D eigenvalue weighted by Gasteiger charge is 2.43. The normalized spacial score (nSPS) is 24.0. The van der Waals surface area contributed by atoms with Crippen LogP contribution in [0.3, 0.4) is 0 Å². The van der Waals surface area contributed by atoms with Gasteiger partial charge in [0.15, 0.2) is 0 Å². The molecule has 0 aliphatic carbocycles. The largest absolute Gasteiger partial charge is 0.481 e. The second kappa shape index (κ2) is 5.50. The lowest BCUT2D eigenvalue weighted by Gasteiger charge is -2.42. The van der Waals surface area contributed by atoms with E-state index in [4.69, 9.17) is 0 Å². The van der Waals surface area contributed by atoms with Crippen molar-refractivity contribution in [1.29, 1.82) is 0 Å². The molecule has 0 radical (unpaired) electrons. The summed E-state index contributed by atoms with van der Waals surface area (Å²) in [5.41, 5.74) is 0.352. The molecule has 2 atom stereocenters. The number of likely N-dealkylation sites (tertiary alicyclic amines) is 1. The SMILES string of the molecule is Cn1cc(C2C(C(=O)O)CCCC(=O)N2C(C)(C)C)cn1. The highest BCUT2D eigenvalue weighted by atomic mass is 16.4. The number of hydrogen-bond donors (Lipinski definition) is 1. The summed E-state index contributed by atoms with van der Waals surface area (Å²) in [6, 6.07) is -0.466. The quantitative estimate of drug-likeness (QED) is 0.904. The van der Waals surface area contributed by atoms with E-state index >= 15 is 0 Å². The van der Waals surface area contributed by atoms with E-state index in [1.165, 1.54) is 0 Å². The number of rotatable bonds is 2. The number of aliphatic carboxylic acids is 1. The molecule has 1 N–H and O–H groups in total. The van der Waals surface area contributed by atoms with Crippen LogP contribution in [-0.2, 0) is 16.6 Å². The van der Waals surface area contributed by atoms with Gasteiger partial charge in [0.1, 0.15) is 0 Å². The molecule has 2 rings (SSSR count). The van der Waals surface area contributed by atoms with Crippen LogP contribution in [0.1, 0.15) is 51.6 Å². The van der Waals surface area contributed by atoms with E-state index in [1.807, 2.05) is 20.8 Å². The average Bonchev–Trinajstić information content (AvgIpc) is 2.67. The van der Waals surface area contributed by atoms with Gasteiger partial charge in [-0.15, -0.1) is 0 Å². The minimum atomic E-state index is -0.854. The Kier molecular flexibility index (Phi) is 4.07. The Labute approximate surface area is 124 Å². The first kappa shape index (κ1) is 15.5. The summed E-state index contributed by atoms with van der Waals surface area (Å²) in [4.78, 5) is 26.0. The summed E-state index contributed by atoms with van der Waals surface area (Å²) >= 11 is 0. The number of aromatic nitrogens is 2. The van der Waals surface area contributed by atoms with Crippen molar-refractivity contribution >= 4 is 11.9 Å². The molecule has 21 heavy (non-hydrogen) atoms. The van der Waals surface area contributed by atoms with E-state index in [9.17, 15) is 14.7 Å². The van der Waals surface area contributed by atoms with Crippen molar-refractivity contribution in [3.8, 4) is 0 Å². The van der Waals surface area contributed by atoms with Crippen LogP contribution in [0.2, 0.25) is 0 Å². The lowest BCUT2D eigenvalue weighted by molar-refractivity contribution is -0.149. The zero-order chi connectivity index (χ0) is 15.8. The monoisotopic (exact) mass is 293 g/mol. The molecule has 1 saturated heterocycles. The van der Waals surface area contributed by atoms with Crippen molar-refractivity contribution in [3.05, 3.63) is 18.0 Å². The second-order valence-electron chi connectivity index (χ2n) is 6.66. The lowest BCUT2D eigenvalue weighted by atomic mass is 9.88. The Hall–Kier alpha value is -1.85.